The first-order chi connectivity index (χ1) is 16.5. The molecule has 0 radical (unpaired) electrons. The lowest BCUT2D eigenvalue weighted by Crippen LogP contribution is -2.40. The SMILES string of the molecule is CC1CCCN(C(=O)CSc2nnc3n(-c4ccccc4C(C)C)c(=O)c4ccccc4n23)C1. The highest BCUT2D eigenvalue weighted by Gasteiger charge is 2.23. The Morgan fingerprint density at radius 1 is 1.12 bits per heavy atom. The smallest absolute Gasteiger partial charge is 0.267 e. The molecule has 0 N–H and O–H groups in total. The van der Waals surface area contributed by atoms with E-state index in [1.165, 1.54) is 18.2 Å². The number of fused-ring (bicyclic) bond motifs is 3. The van der Waals surface area contributed by atoms with E-state index in [2.05, 4.69) is 31.0 Å². The summed E-state index contributed by atoms with van der Waals surface area (Å²) in [6, 6.07) is 15.4. The molecule has 1 aliphatic rings. The van der Waals surface area contributed by atoms with Gasteiger partial charge in [-0.25, -0.2) is 4.57 Å². The summed E-state index contributed by atoms with van der Waals surface area (Å²) < 4.78 is 3.56. The number of nitrogens with zero attached hydrogens (tertiary/aromatic N) is 5. The number of para-hydroxylation sites is 2. The summed E-state index contributed by atoms with van der Waals surface area (Å²) in [4.78, 5) is 28.5. The number of carbonyl (C=O) groups is 1. The summed E-state index contributed by atoms with van der Waals surface area (Å²) in [6.45, 7) is 8.05. The Balaban J connectivity index is 1.61. The maximum Gasteiger partial charge on any atom is 0.267 e. The lowest BCUT2D eigenvalue weighted by Gasteiger charge is -2.30. The second kappa shape index (κ2) is 9.25. The number of likely N-dealkylation sites (tertiary alicyclic amines) is 1. The van der Waals surface area contributed by atoms with Crippen LogP contribution in [0.5, 0.6) is 0 Å². The molecule has 1 aliphatic heterocycles. The summed E-state index contributed by atoms with van der Waals surface area (Å²) >= 11 is 1.38. The van der Waals surface area contributed by atoms with E-state index in [0.717, 1.165) is 36.3 Å². The van der Waals surface area contributed by atoms with Gasteiger partial charge in [0.2, 0.25) is 11.7 Å². The number of hydrogen-bond acceptors (Lipinski definition) is 5. The molecule has 3 heterocycles. The number of aromatic nitrogens is 4. The first-order valence-electron chi connectivity index (χ1n) is 11.8. The Morgan fingerprint density at radius 2 is 1.88 bits per heavy atom. The van der Waals surface area contributed by atoms with Crippen molar-refractivity contribution in [1.82, 2.24) is 24.1 Å². The van der Waals surface area contributed by atoms with Gasteiger partial charge in [-0.05, 0) is 48.4 Å². The van der Waals surface area contributed by atoms with E-state index in [9.17, 15) is 9.59 Å². The standard InChI is InChI=1S/C26H29N5O2S/c1-17(2)19-10-4-6-12-21(19)30-24(33)20-11-5-7-13-22(20)31-25(30)27-28-26(31)34-16-23(32)29-14-8-9-18(3)15-29/h4-7,10-13,17-18H,8-9,14-16H2,1-3H3. The zero-order valence-corrected chi connectivity index (χ0v) is 20.6. The average Bonchev–Trinajstić information content (AvgIpc) is 3.26. The minimum Gasteiger partial charge on any atom is -0.342 e. The van der Waals surface area contributed by atoms with Gasteiger partial charge in [0.05, 0.1) is 22.3 Å². The van der Waals surface area contributed by atoms with Crippen LogP contribution in [-0.4, -0.2) is 48.8 Å². The Bertz CT molecular complexity index is 1420. The van der Waals surface area contributed by atoms with Crippen molar-refractivity contribution in [2.45, 2.75) is 44.7 Å². The first kappa shape index (κ1) is 22.7. The summed E-state index contributed by atoms with van der Waals surface area (Å²) in [7, 11) is 0. The number of amides is 1. The second-order valence-corrected chi connectivity index (χ2v) is 10.3. The minimum atomic E-state index is -0.126. The molecule has 1 amide bonds. The van der Waals surface area contributed by atoms with Crippen LogP contribution in [0.15, 0.2) is 58.5 Å². The lowest BCUT2D eigenvalue weighted by atomic mass is 10.0. The average molecular weight is 476 g/mol. The molecular formula is C26H29N5O2S. The van der Waals surface area contributed by atoms with Crippen LogP contribution in [0.4, 0.5) is 0 Å². The summed E-state index contributed by atoms with van der Waals surface area (Å²) in [6.07, 6.45) is 2.23. The highest BCUT2D eigenvalue weighted by Crippen LogP contribution is 2.27. The Hall–Kier alpha value is -3.13. The van der Waals surface area contributed by atoms with E-state index in [1.54, 1.807) is 4.57 Å². The van der Waals surface area contributed by atoms with Gasteiger partial charge in [-0.15, -0.1) is 10.2 Å². The predicted octanol–water partition coefficient (Wildman–Crippen LogP) is 4.51. The maximum absolute atomic E-state index is 13.6. The number of rotatable bonds is 5. The van der Waals surface area contributed by atoms with Crippen LogP contribution in [0, 0.1) is 5.92 Å². The van der Waals surface area contributed by atoms with Crippen LogP contribution >= 0.6 is 11.8 Å². The molecule has 1 fully saturated rings. The summed E-state index contributed by atoms with van der Waals surface area (Å²) in [5.74, 6) is 1.64. The van der Waals surface area contributed by atoms with E-state index >= 15 is 0 Å². The molecule has 1 atom stereocenters. The third kappa shape index (κ3) is 4.00. The monoisotopic (exact) mass is 475 g/mol. The molecule has 5 rings (SSSR count). The second-order valence-electron chi connectivity index (χ2n) is 9.37. The fourth-order valence-electron chi connectivity index (χ4n) is 4.80. The highest BCUT2D eigenvalue weighted by molar-refractivity contribution is 7.99. The van der Waals surface area contributed by atoms with Gasteiger partial charge in [-0.2, -0.15) is 0 Å². The van der Waals surface area contributed by atoms with Crippen molar-refractivity contribution in [2.75, 3.05) is 18.8 Å². The van der Waals surface area contributed by atoms with Crippen LogP contribution in [-0.2, 0) is 4.79 Å². The summed E-state index contributed by atoms with van der Waals surface area (Å²) in [5, 5.41) is 10.1. The molecular weight excluding hydrogens is 446 g/mol. The quantitative estimate of drug-likeness (QED) is 0.397. The fraction of sp³-hybridized carbons (Fsp3) is 0.385. The third-order valence-electron chi connectivity index (χ3n) is 6.53. The Kier molecular flexibility index (Phi) is 6.16. The number of hydrogen-bond donors (Lipinski definition) is 0. The number of piperidine rings is 1. The molecule has 0 bridgehead atoms. The van der Waals surface area contributed by atoms with E-state index in [1.807, 2.05) is 57.8 Å². The van der Waals surface area contributed by atoms with Crippen molar-refractivity contribution in [1.29, 1.82) is 0 Å². The van der Waals surface area contributed by atoms with Crippen molar-refractivity contribution >= 4 is 34.3 Å². The molecule has 1 saturated heterocycles. The van der Waals surface area contributed by atoms with E-state index in [0.29, 0.717) is 28.0 Å². The molecule has 8 heteroatoms. The van der Waals surface area contributed by atoms with Crippen molar-refractivity contribution in [3.63, 3.8) is 0 Å². The molecule has 0 saturated carbocycles. The van der Waals surface area contributed by atoms with Gasteiger partial charge in [0.25, 0.3) is 5.56 Å². The van der Waals surface area contributed by atoms with Crippen LogP contribution in [0.25, 0.3) is 22.4 Å². The largest absolute Gasteiger partial charge is 0.342 e. The van der Waals surface area contributed by atoms with Gasteiger partial charge in [0.1, 0.15) is 0 Å². The molecule has 2 aromatic carbocycles. The number of thioether (sulfide) groups is 1. The third-order valence-corrected chi connectivity index (χ3v) is 7.44. The highest BCUT2D eigenvalue weighted by atomic mass is 32.2. The molecule has 7 nitrogen and oxygen atoms in total. The minimum absolute atomic E-state index is 0.121. The van der Waals surface area contributed by atoms with Crippen molar-refractivity contribution in [3.8, 4) is 5.69 Å². The van der Waals surface area contributed by atoms with Gasteiger partial charge >= 0.3 is 0 Å². The van der Waals surface area contributed by atoms with Crippen LogP contribution < -0.4 is 5.56 Å². The molecule has 2 aromatic heterocycles. The Morgan fingerprint density at radius 3 is 2.68 bits per heavy atom. The van der Waals surface area contributed by atoms with Gasteiger partial charge in [-0.3, -0.25) is 14.0 Å². The predicted molar refractivity (Wildman–Crippen MR) is 136 cm³/mol. The normalized spacial score (nSPS) is 16.6. The number of carbonyl (C=O) groups excluding carboxylic acids is 1. The van der Waals surface area contributed by atoms with Gasteiger partial charge in [0, 0.05) is 13.1 Å². The molecule has 0 spiro atoms. The van der Waals surface area contributed by atoms with Gasteiger partial charge in [-0.1, -0.05) is 62.9 Å². The van der Waals surface area contributed by atoms with Crippen LogP contribution in [0.3, 0.4) is 0 Å². The number of benzene rings is 2. The fourth-order valence-corrected chi connectivity index (χ4v) is 5.64. The van der Waals surface area contributed by atoms with Gasteiger partial charge < -0.3 is 4.90 Å². The lowest BCUT2D eigenvalue weighted by molar-refractivity contribution is -0.130. The molecule has 34 heavy (non-hydrogen) atoms. The van der Waals surface area contributed by atoms with Crippen molar-refractivity contribution in [2.24, 2.45) is 5.92 Å². The topological polar surface area (TPSA) is 72.5 Å². The van der Waals surface area contributed by atoms with Crippen LogP contribution in [0.1, 0.15) is 45.1 Å². The molecule has 176 valence electrons. The molecule has 0 aliphatic carbocycles. The maximum atomic E-state index is 13.6. The van der Waals surface area contributed by atoms with E-state index in [4.69, 9.17) is 0 Å². The van der Waals surface area contributed by atoms with Gasteiger partial charge in [0.15, 0.2) is 5.16 Å². The van der Waals surface area contributed by atoms with E-state index in [-0.39, 0.29) is 17.4 Å². The zero-order chi connectivity index (χ0) is 23.8. The first-order valence-corrected chi connectivity index (χ1v) is 12.8. The molecule has 1 unspecified atom stereocenters. The Labute approximate surface area is 202 Å². The van der Waals surface area contributed by atoms with Crippen molar-refractivity contribution < 1.29 is 4.79 Å². The molecule has 4 aromatic rings. The van der Waals surface area contributed by atoms with E-state index < -0.39 is 0 Å². The zero-order valence-electron chi connectivity index (χ0n) is 19.8. The van der Waals surface area contributed by atoms with Crippen LogP contribution in [0.2, 0.25) is 0 Å². The summed E-state index contributed by atoms with van der Waals surface area (Å²) in [5.41, 5.74) is 2.49. The van der Waals surface area contributed by atoms with Crippen molar-refractivity contribution in [3.05, 3.63) is 64.4 Å².